The summed E-state index contributed by atoms with van der Waals surface area (Å²) in [5, 5.41) is 1.12. The first-order valence-corrected chi connectivity index (χ1v) is 8.02. The number of rotatable bonds is 2. The van der Waals surface area contributed by atoms with Crippen molar-refractivity contribution in [2.75, 3.05) is 18.6 Å². The summed E-state index contributed by atoms with van der Waals surface area (Å²) in [7, 11) is 1.60. The van der Waals surface area contributed by atoms with Crippen molar-refractivity contribution < 1.29 is 9.53 Å². The van der Waals surface area contributed by atoms with E-state index in [0.717, 1.165) is 28.7 Å². The molecule has 0 atom stereocenters. The fourth-order valence-corrected chi connectivity index (χ4v) is 3.18. The molecule has 1 aromatic heterocycles. The fraction of sp³-hybridized carbons (Fsp3) is 0.200. The summed E-state index contributed by atoms with van der Waals surface area (Å²) in [5.74, 6) is 1.43. The maximum absolute atomic E-state index is 12.9. The molecule has 0 bridgehead atoms. The van der Waals surface area contributed by atoms with Crippen LogP contribution in [-0.4, -0.2) is 24.5 Å². The zero-order valence-electron chi connectivity index (χ0n) is 13.7. The van der Waals surface area contributed by atoms with Crippen LogP contribution in [0, 0.1) is 6.92 Å². The van der Waals surface area contributed by atoms with Crippen molar-refractivity contribution in [3.8, 4) is 5.75 Å². The summed E-state index contributed by atoms with van der Waals surface area (Å²) in [6.07, 6.45) is 0.835. The van der Waals surface area contributed by atoms with E-state index in [2.05, 4.69) is 24.3 Å². The van der Waals surface area contributed by atoms with Gasteiger partial charge in [0.1, 0.15) is 11.6 Å². The lowest BCUT2D eigenvalue weighted by atomic mass is 10.1. The molecule has 3 aromatic rings. The van der Waals surface area contributed by atoms with Crippen molar-refractivity contribution in [2.45, 2.75) is 13.3 Å². The average molecular weight is 318 g/mol. The molecule has 2 aromatic carbocycles. The molecule has 1 amide bonds. The monoisotopic (exact) mass is 318 g/mol. The molecule has 0 saturated carbocycles. The Morgan fingerprint density at radius 2 is 2.04 bits per heavy atom. The lowest BCUT2D eigenvalue weighted by molar-refractivity contribution is 0.0988. The number of nitrogens with zero attached hydrogens (tertiary/aromatic N) is 2. The summed E-state index contributed by atoms with van der Waals surface area (Å²) in [5.41, 5.74) is 3.84. The van der Waals surface area contributed by atoms with Crippen LogP contribution in [-0.2, 0) is 6.42 Å². The average Bonchev–Trinajstić information content (AvgIpc) is 3.01. The van der Waals surface area contributed by atoms with E-state index < -0.39 is 0 Å². The minimum absolute atomic E-state index is 0.0350. The van der Waals surface area contributed by atoms with Gasteiger partial charge in [0, 0.05) is 17.5 Å². The Morgan fingerprint density at radius 1 is 1.17 bits per heavy atom. The highest BCUT2D eigenvalue weighted by molar-refractivity contribution is 6.07. The van der Waals surface area contributed by atoms with Gasteiger partial charge < -0.3 is 4.74 Å². The van der Waals surface area contributed by atoms with Gasteiger partial charge in [-0.05, 0) is 54.8 Å². The molecule has 4 heteroatoms. The van der Waals surface area contributed by atoms with Crippen molar-refractivity contribution in [1.82, 2.24) is 4.98 Å². The highest BCUT2D eigenvalue weighted by atomic mass is 16.5. The van der Waals surface area contributed by atoms with Crippen molar-refractivity contribution in [1.29, 1.82) is 0 Å². The van der Waals surface area contributed by atoms with Gasteiger partial charge >= 0.3 is 0 Å². The summed E-state index contributed by atoms with van der Waals surface area (Å²) in [6, 6.07) is 15.6. The lowest BCUT2D eigenvalue weighted by Crippen LogP contribution is -2.29. The molecule has 4 nitrogen and oxygen atoms in total. The number of aromatic nitrogens is 1. The summed E-state index contributed by atoms with van der Waals surface area (Å²) in [6.45, 7) is 2.71. The van der Waals surface area contributed by atoms with E-state index in [-0.39, 0.29) is 5.91 Å². The van der Waals surface area contributed by atoms with E-state index in [9.17, 15) is 4.79 Å². The van der Waals surface area contributed by atoms with Crippen LogP contribution in [0.4, 0.5) is 5.82 Å². The van der Waals surface area contributed by atoms with Crippen LogP contribution >= 0.6 is 0 Å². The Bertz CT molecular complexity index is 950. The SMILES string of the molecule is COc1cccc(C(=O)N2CCc3cc4ccc(C)cc4nc32)c1. The third-order valence-electron chi connectivity index (χ3n) is 4.45. The second-order valence-corrected chi connectivity index (χ2v) is 6.11. The largest absolute Gasteiger partial charge is 0.497 e. The van der Waals surface area contributed by atoms with Gasteiger partial charge in [0.2, 0.25) is 0 Å². The highest BCUT2D eigenvalue weighted by Gasteiger charge is 2.27. The Labute approximate surface area is 140 Å². The zero-order chi connectivity index (χ0) is 16.7. The van der Waals surface area contributed by atoms with Gasteiger partial charge in [-0.1, -0.05) is 18.2 Å². The van der Waals surface area contributed by atoms with Crippen molar-refractivity contribution in [3.63, 3.8) is 0 Å². The normalized spacial score (nSPS) is 13.2. The molecular weight excluding hydrogens is 300 g/mol. The van der Waals surface area contributed by atoms with Crippen LogP contribution in [0.5, 0.6) is 5.75 Å². The van der Waals surface area contributed by atoms with E-state index >= 15 is 0 Å². The molecule has 1 aliphatic rings. The molecule has 24 heavy (non-hydrogen) atoms. The number of fused-ring (bicyclic) bond motifs is 2. The van der Waals surface area contributed by atoms with E-state index in [1.165, 1.54) is 5.56 Å². The number of benzene rings is 2. The number of hydrogen-bond donors (Lipinski definition) is 0. The van der Waals surface area contributed by atoms with E-state index in [1.54, 1.807) is 18.1 Å². The zero-order valence-corrected chi connectivity index (χ0v) is 13.7. The van der Waals surface area contributed by atoms with Crippen molar-refractivity contribution >= 4 is 22.6 Å². The maximum Gasteiger partial charge on any atom is 0.259 e. The number of methoxy groups -OCH3 is 1. The molecule has 0 unspecified atom stereocenters. The Morgan fingerprint density at radius 3 is 2.88 bits per heavy atom. The Hall–Kier alpha value is -2.88. The molecule has 120 valence electrons. The minimum atomic E-state index is -0.0350. The number of pyridine rings is 1. The van der Waals surface area contributed by atoms with Crippen molar-refractivity contribution in [3.05, 3.63) is 65.2 Å². The number of carbonyl (C=O) groups excluding carboxylic acids is 1. The fourth-order valence-electron chi connectivity index (χ4n) is 3.18. The quantitative estimate of drug-likeness (QED) is 0.722. The van der Waals surface area contributed by atoms with Crippen LogP contribution in [0.3, 0.4) is 0 Å². The third-order valence-corrected chi connectivity index (χ3v) is 4.45. The minimum Gasteiger partial charge on any atom is -0.497 e. The van der Waals surface area contributed by atoms with Crippen LogP contribution in [0.15, 0.2) is 48.5 Å². The predicted molar refractivity (Wildman–Crippen MR) is 94.9 cm³/mol. The molecule has 0 radical (unpaired) electrons. The Balaban J connectivity index is 1.76. The summed E-state index contributed by atoms with van der Waals surface area (Å²) >= 11 is 0. The van der Waals surface area contributed by atoms with Crippen molar-refractivity contribution in [2.24, 2.45) is 0 Å². The second kappa shape index (κ2) is 5.64. The van der Waals surface area contributed by atoms with Crippen LogP contribution in [0.25, 0.3) is 10.9 Å². The predicted octanol–water partition coefficient (Wildman–Crippen LogP) is 3.75. The number of hydrogen-bond acceptors (Lipinski definition) is 3. The molecule has 0 aliphatic carbocycles. The molecule has 0 saturated heterocycles. The van der Waals surface area contributed by atoms with Gasteiger partial charge in [-0.3, -0.25) is 9.69 Å². The van der Waals surface area contributed by atoms with Gasteiger partial charge in [-0.25, -0.2) is 4.98 Å². The molecule has 1 aliphatic heterocycles. The molecule has 0 spiro atoms. The second-order valence-electron chi connectivity index (χ2n) is 6.11. The number of ether oxygens (including phenoxy) is 1. The van der Waals surface area contributed by atoms with E-state index in [0.29, 0.717) is 17.9 Å². The van der Waals surface area contributed by atoms with Gasteiger partial charge in [0.15, 0.2) is 0 Å². The first kappa shape index (κ1) is 14.7. The number of anilines is 1. The van der Waals surface area contributed by atoms with Crippen LogP contribution in [0.1, 0.15) is 21.5 Å². The third kappa shape index (κ3) is 2.40. The lowest BCUT2D eigenvalue weighted by Gasteiger charge is -2.17. The van der Waals surface area contributed by atoms with Gasteiger partial charge in [-0.15, -0.1) is 0 Å². The van der Waals surface area contributed by atoms with E-state index in [1.807, 2.05) is 25.1 Å². The molecule has 4 rings (SSSR count). The molecule has 0 N–H and O–H groups in total. The maximum atomic E-state index is 12.9. The highest BCUT2D eigenvalue weighted by Crippen LogP contribution is 2.31. The van der Waals surface area contributed by atoms with Gasteiger partial charge in [-0.2, -0.15) is 0 Å². The van der Waals surface area contributed by atoms with Crippen LogP contribution < -0.4 is 9.64 Å². The van der Waals surface area contributed by atoms with E-state index in [4.69, 9.17) is 9.72 Å². The number of carbonyl (C=O) groups is 1. The number of amides is 1. The number of aryl methyl sites for hydroxylation is 1. The Kier molecular flexibility index (Phi) is 3.45. The summed E-state index contributed by atoms with van der Waals surface area (Å²) < 4.78 is 5.22. The topological polar surface area (TPSA) is 42.4 Å². The molecule has 2 heterocycles. The van der Waals surface area contributed by atoms with Gasteiger partial charge in [0.05, 0.1) is 12.6 Å². The smallest absolute Gasteiger partial charge is 0.259 e. The first-order chi connectivity index (χ1) is 11.7. The molecule has 0 fully saturated rings. The standard InChI is InChI=1S/C20H18N2O2/c1-13-6-7-14-11-15-8-9-22(19(15)21-18(14)10-13)20(23)16-4-3-5-17(12-16)24-2/h3-7,10-12H,8-9H2,1-2H3. The van der Waals surface area contributed by atoms with Gasteiger partial charge in [0.25, 0.3) is 5.91 Å². The summed E-state index contributed by atoms with van der Waals surface area (Å²) in [4.78, 5) is 19.4. The van der Waals surface area contributed by atoms with Crippen LogP contribution in [0.2, 0.25) is 0 Å². The molecular formula is C20H18N2O2. The first-order valence-electron chi connectivity index (χ1n) is 8.02.